The van der Waals surface area contributed by atoms with E-state index in [4.69, 9.17) is 14.9 Å². The van der Waals surface area contributed by atoms with Crippen molar-refractivity contribution in [3.8, 4) is 17.0 Å². The van der Waals surface area contributed by atoms with Crippen LogP contribution in [0.5, 0.6) is 5.75 Å². The van der Waals surface area contributed by atoms with Gasteiger partial charge in [-0.2, -0.15) is 0 Å². The monoisotopic (exact) mass is 319 g/mol. The van der Waals surface area contributed by atoms with Crippen LogP contribution in [0.4, 0.5) is 0 Å². The van der Waals surface area contributed by atoms with Crippen molar-refractivity contribution in [3.63, 3.8) is 0 Å². The summed E-state index contributed by atoms with van der Waals surface area (Å²) in [6.07, 6.45) is 3.20. The molecule has 1 heterocycles. The van der Waals surface area contributed by atoms with Crippen molar-refractivity contribution < 1.29 is 24.5 Å². The molecule has 0 aliphatic carbocycles. The van der Waals surface area contributed by atoms with E-state index in [1.54, 1.807) is 29.1 Å². The Labute approximate surface area is 132 Å². The van der Waals surface area contributed by atoms with Crippen LogP contribution in [0.1, 0.15) is 19.3 Å². The first-order valence-corrected chi connectivity index (χ1v) is 7.11. The van der Waals surface area contributed by atoms with Crippen LogP contribution in [0.15, 0.2) is 30.5 Å². The number of hydrogen-bond acceptors (Lipinski definition) is 5. The predicted molar refractivity (Wildman–Crippen MR) is 80.1 cm³/mol. The molecule has 0 unspecified atom stereocenters. The molecule has 0 atom stereocenters. The van der Waals surface area contributed by atoms with Crippen LogP contribution in [0.2, 0.25) is 0 Å². The summed E-state index contributed by atoms with van der Waals surface area (Å²) < 4.78 is 6.78. The summed E-state index contributed by atoms with van der Waals surface area (Å²) >= 11 is 0. The summed E-state index contributed by atoms with van der Waals surface area (Å²) in [5.74, 6) is -1.40. The minimum Gasteiger partial charge on any atom is -0.482 e. The number of carbonyl (C=O) groups is 2. The third-order valence-electron chi connectivity index (χ3n) is 3.06. The molecule has 0 aliphatic heterocycles. The summed E-state index contributed by atoms with van der Waals surface area (Å²) in [5, 5.41) is 25.3. The van der Waals surface area contributed by atoms with Crippen molar-refractivity contribution in [1.82, 2.24) is 15.0 Å². The Bertz CT molecular complexity index is 683. The van der Waals surface area contributed by atoms with E-state index in [1.165, 1.54) is 0 Å². The third kappa shape index (κ3) is 5.42. The zero-order valence-electron chi connectivity index (χ0n) is 12.4. The molecular weight excluding hydrogens is 302 g/mol. The molecule has 0 spiro atoms. The molecule has 0 saturated carbocycles. The van der Waals surface area contributed by atoms with Crippen molar-refractivity contribution >= 4 is 11.9 Å². The molecule has 0 fully saturated rings. The Hall–Kier alpha value is -2.90. The zero-order chi connectivity index (χ0) is 16.7. The molecule has 1 aromatic carbocycles. The van der Waals surface area contributed by atoms with Gasteiger partial charge in [0, 0.05) is 18.5 Å². The number of carboxylic acids is 2. The maximum Gasteiger partial charge on any atom is 0.341 e. The average molecular weight is 319 g/mol. The van der Waals surface area contributed by atoms with E-state index in [2.05, 4.69) is 10.3 Å². The molecule has 23 heavy (non-hydrogen) atoms. The SMILES string of the molecule is O=C(O)CCCCn1cc(-c2cccc(OCC(=O)O)c2)nn1. The Balaban J connectivity index is 1.95. The third-order valence-corrected chi connectivity index (χ3v) is 3.06. The lowest BCUT2D eigenvalue weighted by atomic mass is 10.1. The lowest BCUT2D eigenvalue weighted by Crippen LogP contribution is -2.09. The Morgan fingerprint density at radius 2 is 2.00 bits per heavy atom. The van der Waals surface area contributed by atoms with Gasteiger partial charge in [0.1, 0.15) is 11.4 Å². The fourth-order valence-corrected chi connectivity index (χ4v) is 1.98. The van der Waals surface area contributed by atoms with Gasteiger partial charge in [-0.3, -0.25) is 9.48 Å². The van der Waals surface area contributed by atoms with Gasteiger partial charge in [-0.15, -0.1) is 5.10 Å². The molecule has 2 rings (SSSR count). The van der Waals surface area contributed by atoms with Crippen molar-refractivity contribution in [3.05, 3.63) is 30.5 Å². The molecule has 8 nitrogen and oxygen atoms in total. The number of rotatable bonds is 9. The largest absolute Gasteiger partial charge is 0.482 e. The van der Waals surface area contributed by atoms with Crippen LogP contribution in [0, 0.1) is 0 Å². The van der Waals surface area contributed by atoms with Crippen molar-refractivity contribution in [2.45, 2.75) is 25.8 Å². The first kappa shape index (κ1) is 16.5. The van der Waals surface area contributed by atoms with Gasteiger partial charge in [0.05, 0.1) is 6.20 Å². The van der Waals surface area contributed by atoms with E-state index in [-0.39, 0.29) is 6.42 Å². The second kappa shape index (κ2) is 7.92. The van der Waals surface area contributed by atoms with E-state index in [0.717, 1.165) is 5.56 Å². The second-order valence-corrected chi connectivity index (χ2v) is 4.93. The predicted octanol–water partition coefficient (Wildman–Crippen LogP) is 1.66. The number of hydrogen-bond donors (Lipinski definition) is 2. The number of aryl methyl sites for hydroxylation is 1. The van der Waals surface area contributed by atoms with Crippen LogP contribution < -0.4 is 4.74 Å². The number of unbranched alkanes of at least 4 members (excludes halogenated alkanes) is 1. The minimum absolute atomic E-state index is 0.143. The number of ether oxygens (including phenoxy) is 1. The molecule has 0 radical (unpaired) electrons. The Kier molecular flexibility index (Phi) is 5.67. The highest BCUT2D eigenvalue weighted by Gasteiger charge is 2.06. The minimum atomic E-state index is -1.04. The fraction of sp³-hybridized carbons (Fsp3) is 0.333. The van der Waals surface area contributed by atoms with Gasteiger partial charge in [0.15, 0.2) is 6.61 Å². The summed E-state index contributed by atoms with van der Waals surface area (Å²) in [6.45, 7) is 0.190. The van der Waals surface area contributed by atoms with Gasteiger partial charge in [0.2, 0.25) is 0 Å². The number of carboxylic acid groups (broad SMARTS) is 2. The van der Waals surface area contributed by atoms with Gasteiger partial charge in [-0.05, 0) is 25.0 Å². The standard InChI is InChI=1S/C15H17N3O5/c19-14(20)6-1-2-7-18-9-13(16-17-18)11-4-3-5-12(8-11)23-10-15(21)22/h3-5,8-9H,1-2,6-7,10H2,(H,19,20)(H,21,22). The Morgan fingerprint density at radius 1 is 1.17 bits per heavy atom. The maximum absolute atomic E-state index is 10.5. The van der Waals surface area contributed by atoms with Crippen LogP contribution in [0.3, 0.4) is 0 Å². The van der Waals surface area contributed by atoms with Crippen LogP contribution in [-0.4, -0.2) is 43.8 Å². The Morgan fingerprint density at radius 3 is 2.74 bits per heavy atom. The summed E-state index contributed by atoms with van der Waals surface area (Å²) in [4.78, 5) is 21.0. The van der Waals surface area contributed by atoms with E-state index in [9.17, 15) is 9.59 Å². The van der Waals surface area contributed by atoms with Gasteiger partial charge >= 0.3 is 11.9 Å². The second-order valence-electron chi connectivity index (χ2n) is 4.93. The molecule has 0 aliphatic rings. The molecular formula is C15H17N3O5. The molecule has 2 N–H and O–H groups in total. The van der Waals surface area contributed by atoms with E-state index < -0.39 is 18.5 Å². The molecule has 2 aromatic rings. The highest BCUT2D eigenvalue weighted by Crippen LogP contribution is 2.22. The van der Waals surface area contributed by atoms with Gasteiger partial charge in [-0.25, -0.2) is 4.79 Å². The summed E-state index contributed by atoms with van der Waals surface area (Å²) in [7, 11) is 0. The first-order chi connectivity index (χ1) is 11.0. The lowest BCUT2D eigenvalue weighted by Gasteiger charge is -2.04. The quantitative estimate of drug-likeness (QED) is 0.675. The average Bonchev–Trinajstić information content (AvgIpc) is 2.98. The molecule has 0 bridgehead atoms. The van der Waals surface area contributed by atoms with Crippen molar-refractivity contribution in [2.75, 3.05) is 6.61 Å². The number of aliphatic carboxylic acids is 2. The number of nitrogens with zero attached hydrogens (tertiary/aromatic N) is 3. The zero-order valence-corrected chi connectivity index (χ0v) is 12.4. The van der Waals surface area contributed by atoms with Crippen molar-refractivity contribution in [2.24, 2.45) is 0 Å². The van der Waals surface area contributed by atoms with Gasteiger partial charge in [-0.1, -0.05) is 17.3 Å². The van der Waals surface area contributed by atoms with E-state index in [0.29, 0.717) is 30.8 Å². The fourth-order valence-electron chi connectivity index (χ4n) is 1.98. The summed E-state index contributed by atoms with van der Waals surface area (Å²) in [5.41, 5.74) is 1.41. The highest BCUT2D eigenvalue weighted by molar-refractivity contribution is 5.68. The maximum atomic E-state index is 10.5. The van der Waals surface area contributed by atoms with Crippen LogP contribution in [-0.2, 0) is 16.1 Å². The van der Waals surface area contributed by atoms with Crippen LogP contribution in [0.25, 0.3) is 11.3 Å². The number of benzene rings is 1. The van der Waals surface area contributed by atoms with E-state index in [1.807, 2.05) is 6.07 Å². The lowest BCUT2D eigenvalue weighted by molar-refractivity contribution is -0.139. The molecule has 1 aromatic heterocycles. The van der Waals surface area contributed by atoms with Crippen molar-refractivity contribution in [1.29, 1.82) is 0 Å². The smallest absolute Gasteiger partial charge is 0.341 e. The normalized spacial score (nSPS) is 10.4. The molecule has 0 amide bonds. The molecule has 8 heteroatoms. The molecule has 122 valence electrons. The van der Waals surface area contributed by atoms with E-state index >= 15 is 0 Å². The first-order valence-electron chi connectivity index (χ1n) is 7.11. The van der Waals surface area contributed by atoms with Gasteiger partial charge < -0.3 is 14.9 Å². The van der Waals surface area contributed by atoms with Crippen LogP contribution >= 0.6 is 0 Å². The highest BCUT2D eigenvalue weighted by atomic mass is 16.5. The number of aromatic nitrogens is 3. The molecule has 0 saturated heterocycles. The summed E-state index contributed by atoms with van der Waals surface area (Å²) in [6, 6.07) is 6.94. The topological polar surface area (TPSA) is 115 Å². The van der Waals surface area contributed by atoms with Gasteiger partial charge in [0.25, 0.3) is 0 Å².